The quantitative estimate of drug-likeness (QED) is 0.774. The van der Waals surface area contributed by atoms with Gasteiger partial charge in [-0.2, -0.15) is 0 Å². The first-order valence-electron chi connectivity index (χ1n) is 7.09. The number of hydrogen-bond donors (Lipinski definition) is 1. The summed E-state index contributed by atoms with van der Waals surface area (Å²) in [5.74, 6) is 1.01. The third-order valence-corrected chi connectivity index (χ3v) is 5.01. The molecule has 1 heterocycles. The van der Waals surface area contributed by atoms with Crippen LogP contribution in [0.15, 0.2) is 12.1 Å². The first kappa shape index (κ1) is 13.1. The van der Waals surface area contributed by atoms with Crippen molar-refractivity contribution in [3.05, 3.63) is 21.9 Å². The van der Waals surface area contributed by atoms with Gasteiger partial charge in [0.2, 0.25) is 0 Å². The van der Waals surface area contributed by atoms with Crippen molar-refractivity contribution in [2.24, 2.45) is 5.92 Å². The van der Waals surface area contributed by atoms with Crippen molar-refractivity contribution in [3.8, 4) is 0 Å². The molecule has 0 saturated heterocycles. The van der Waals surface area contributed by atoms with Crippen molar-refractivity contribution < 1.29 is 0 Å². The summed E-state index contributed by atoms with van der Waals surface area (Å²) in [5, 5.41) is 3.65. The van der Waals surface area contributed by atoms with Crippen LogP contribution in [0, 0.1) is 12.8 Å². The summed E-state index contributed by atoms with van der Waals surface area (Å²) in [5.41, 5.74) is 0. The van der Waals surface area contributed by atoms with Crippen LogP contribution in [0.4, 0.5) is 0 Å². The SMILES string of the molecule is CCNC(CCC1CCCC1)c1ccc(C)s1. The van der Waals surface area contributed by atoms with Gasteiger partial charge in [-0.05, 0) is 44.4 Å². The molecule has 1 aliphatic carbocycles. The zero-order chi connectivity index (χ0) is 12.1. The standard InChI is InChI=1S/C15H25NS/c1-3-16-14(15-11-8-12(2)17-15)10-9-13-6-4-5-7-13/h8,11,13-14,16H,3-7,9-10H2,1-2H3. The molecule has 1 aromatic heterocycles. The lowest BCUT2D eigenvalue weighted by atomic mass is 9.98. The molecule has 1 aliphatic rings. The summed E-state index contributed by atoms with van der Waals surface area (Å²) in [6.45, 7) is 5.49. The van der Waals surface area contributed by atoms with Crippen LogP contribution in [0.3, 0.4) is 0 Å². The van der Waals surface area contributed by atoms with Gasteiger partial charge in [-0.3, -0.25) is 0 Å². The summed E-state index contributed by atoms with van der Waals surface area (Å²) in [7, 11) is 0. The molecule has 17 heavy (non-hydrogen) atoms. The molecule has 0 aliphatic heterocycles. The van der Waals surface area contributed by atoms with Crippen molar-refractivity contribution in [3.63, 3.8) is 0 Å². The summed E-state index contributed by atoms with van der Waals surface area (Å²) in [6.07, 6.45) is 8.61. The molecule has 1 saturated carbocycles. The monoisotopic (exact) mass is 251 g/mol. The summed E-state index contributed by atoms with van der Waals surface area (Å²) in [4.78, 5) is 2.96. The van der Waals surface area contributed by atoms with Crippen LogP contribution in [-0.4, -0.2) is 6.54 Å². The highest BCUT2D eigenvalue weighted by molar-refractivity contribution is 7.12. The Morgan fingerprint density at radius 3 is 2.71 bits per heavy atom. The molecular weight excluding hydrogens is 226 g/mol. The topological polar surface area (TPSA) is 12.0 Å². The van der Waals surface area contributed by atoms with Crippen molar-refractivity contribution in [2.75, 3.05) is 6.54 Å². The highest BCUT2D eigenvalue weighted by atomic mass is 32.1. The fraction of sp³-hybridized carbons (Fsp3) is 0.733. The minimum atomic E-state index is 0.597. The maximum Gasteiger partial charge on any atom is 0.0414 e. The van der Waals surface area contributed by atoms with Gasteiger partial charge in [0.15, 0.2) is 0 Å². The van der Waals surface area contributed by atoms with E-state index in [2.05, 4.69) is 31.3 Å². The largest absolute Gasteiger partial charge is 0.310 e. The predicted octanol–water partition coefficient (Wildman–Crippen LogP) is 4.68. The van der Waals surface area contributed by atoms with E-state index in [0.717, 1.165) is 12.5 Å². The molecule has 1 atom stereocenters. The van der Waals surface area contributed by atoms with E-state index >= 15 is 0 Å². The molecule has 96 valence electrons. The molecule has 0 aromatic carbocycles. The fourth-order valence-corrected chi connectivity index (χ4v) is 3.92. The van der Waals surface area contributed by atoms with Crippen molar-refractivity contribution in [1.82, 2.24) is 5.32 Å². The highest BCUT2D eigenvalue weighted by Crippen LogP contribution is 2.33. The third-order valence-electron chi connectivity index (χ3n) is 3.89. The van der Waals surface area contributed by atoms with E-state index in [1.807, 2.05) is 11.3 Å². The number of hydrogen-bond acceptors (Lipinski definition) is 2. The summed E-state index contributed by atoms with van der Waals surface area (Å²) < 4.78 is 0. The first-order chi connectivity index (χ1) is 8.29. The molecule has 2 heteroatoms. The number of thiophene rings is 1. The normalized spacial score (nSPS) is 18.7. The average molecular weight is 251 g/mol. The molecule has 1 N–H and O–H groups in total. The van der Waals surface area contributed by atoms with Crippen LogP contribution in [0.2, 0.25) is 0 Å². The maximum absolute atomic E-state index is 3.65. The minimum Gasteiger partial charge on any atom is -0.310 e. The Labute approximate surface area is 110 Å². The molecule has 1 aromatic rings. The van der Waals surface area contributed by atoms with Gasteiger partial charge in [0.25, 0.3) is 0 Å². The van der Waals surface area contributed by atoms with E-state index in [0.29, 0.717) is 6.04 Å². The molecule has 1 nitrogen and oxygen atoms in total. The van der Waals surface area contributed by atoms with Gasteiger partial charge in [-0.25, -0.2) is 0 Å². The second-order valence-corrected chi connectivity index (χ2v) is 6.61. The Bertz CT molecular complexity index is 325. The fourth-order valence-electron chi connectivity index (χ4n) is 2.93. The molecule has 0 bridgehead atoms. The lowest BCUT2D eigenvalue weighted by Gasteiger charge is -2.18. The van der Waals surface area contributed by atoms with E-state index in [-0.39, 0.29) is 0 Å². The second kappa shape index (κ2) is 6.55. The smallest absolute Gasteiger partial charge is 0.0414 e. The zero-order valence-corrected chi connectivity index (χ0v) is 12.0. The van der Waals surface area contributed by atoms with E-state index in [4.69, 9.17) is 0 Å². The van der Waals surface area contributed by atoms with E-state index in [1.165, 1.54) is 48.3 Å². The van der Waals surface area contributed by atoms with E-state index in [1.54, 1.807) is 0 Å². The molecule has 1 unspecified atom stereocenters. The number of nitrogens with one attached hydrogen (secondary N) is 1. The Morgan fingerprint density at radius 2 is 2.12 bits per heavy atom. The molecule has 0 amide bonds. The molecule has 2 rings (SSSR count). The van der Waals surface area contributed by atoms with Gasteiger partial charge >= 0.3 is 0 Å². The van der Waals surface area contributed by atoms with Gasteiger partial charge in [-0.15, -0.1) is 11.3 Å². The summed E-state index contributed by atoms with van der Waals surface area (Å²) in [6, 6.07) is 5.15. The van der Waals surface area contributed by atoms with Gasteiger partial charge in [0, 0.05) is 15.8 Å². The zero-order valence-electron chi connectivity index (χ0n) is 11.2. The van der Waals surface area contributed by atoms with Crippen molar-refractivity contribution in [2.45, 2.75) is 58.4 Å². The molecule has 0 spiro atoms. The van der Waals surface area contributed by atoms with Crippen LogP contribution in [0.25, 0.3) is 0 Å². The van der Waals surface area contributed by atoms with Crippen LogP contribution in [0.5, 0.6) is 0 Å². The summed E-state index contributed by atoms with van der Waals surface area (Å²) >= 11 is 1.96. The van der Waals surface area contributed by atoms with E-state index < -0.39 is 0 Å². The minimum absolute atomic E-state index is 0.597. The molecule has 0 radical (unpaired) electrons. The average Bonchev–Trinajstić information content (AvgIpc) is 2.95. The lowest BCUT2D eigenvalue weighted by molar-refractivity contribution is 0.420. The third kappa shape index (κ3) is 3.82. The van der Waals surface area contributed by atoms with Crippen LogP contribution in [0.1, 0.15) is 61.2 Å². The lowest BCUT2D eigenvalue weighted by Crippen LogP contribution is -2.20. The van der Waals surface area contributed by atoms with Crippen LogP contribution in [-0.2, 0) is 0 Å². The van der Waals surface area contributed by atoms with E-state index in [9.17, 15) is 0 Å². The Morgan fingerprint density at radius 1 is 1.35 bits per heavy atom. The van der Waals surface area contributed by atoms with Gasteiger partial charge in [0.1, 0.15) is 0 Å². The van der Waals surface area contributed by atoms with Gasteiger partial charge in [0.05, 0.1) is 0 Å². The Hall–Kier alpha value is -0.340. The second-order valence-electron chi connectivity index (χ2n) is 5.29. The molecule has 1 fully saturated rings. The van der Waals surface area contributed by atoms with Gasteiger partial charge < -0.3 is 5.32 Å². The maximum atomic E-state index is 3.65. The number of aryl methyl sites for hydroxylation is 1. The first-order valence-corrected chi connectivity index (χ1v) is 7.91. The van der Waals surface area contributed by atoms with Crippen molar-refractivity contribution in [1.29, 1.82) is 0 Å². The van der Waals surface area contributed by atoms with Crippen LogP contribution < -0.4 is 5.32 Å². The Balaban J connectivity index is 1.87. The van der Waals surface area contributed by atoms with Gasteiger partial charge in [-0.1, -0.05) is 32.6 Å². The predicted molar refractivity (Wildman–Crippen MR) is 76.7 cm³/mol. The molecular formula is C15H25NS. The van der Waals surface area contributed by atoms with Crippen molar-refractivity contribution >= 4 is 11.3 Å². The van der Waals surface area contributed by atoms with Crippen LogP contribution >= 0.6 is 11.3 Å². The highest BCUT2D eigenvalue weighted by Gasteiger charge is 2.18. The Kier molecular flexibility index (Phi) is 5.05. The number of rotatable bonds is 6.